The number of hydrogen-bond acceptors (Lipinski definition) is 6. The van der Waals surface area contributed by atoms with Crippen molar-refractivity contribution in [3.63, 3.8) is 0 Å². The zero-order chi connectivity index (χ0) is 24.9. The Balaban J connectivity index is 1.63. The molecule has 35 heavy (non-hydrogen) atoms. The molecule has 5 nitrogen and oxygen atoms in total. The number of para-hydroxylation sites is 1. The first kappa shape index (κ1) is 24.5. The molecule has 0 fully saturated rings. The van der Waals surface area contributed by atoms with Gasteiger partial charge >= 0.3 is 0 Å². The Kier molecular flexibility index (Phi) is 7.54. The molecule has 4 rings (SSSR count). The number of benzene rings is 2. The lowest BCUT2D eigenvalue weighted by molar-refractivity contribution is -0.119. The second-order valence-corrected chi connectivity index (χ2v) is 10.3. The number of amides is 1. The summed E-state index contributed by atoms with van der Waals surface area (Å²) in [6.07, 6.45) is 0. The molecule has 176 valence electrons. The minimum Gasteiger partial charge on any atom is -0.353 e. The SMILES string of the molecule is C=C1NC(SCC(=O)c2ccc(C)cc2)=C(C#N)C(c2cccs2)C1C(=O)Nc1ccccc1C. The molecule has 0 radical (unpaired) electrons. The van der Waals surface area contributed by atoms with Gasteiger partial charge in [-0.15, -0.1) is 11.3 Å². The van der Waals surface area contributed by atoms with Crippen LogP contribution in [0.1, 0.15) is 32.3 Å². The van der Waals surface area contributed by atoms with Crippen molar-refractivity contribution in [1.82, 2.24) is 5.32 Å². The lowest BCUT2D eigenvalue weighted by atomic mass is 9.80. The predicted molar refractivity (Wildman–Crippen MR) is 143 cm³/mol. The molecule has 1 amide bonds. The van der Waals surface area contributed by atoms with E-state index in [-0.39, 0.29) is 17.4 Å². The van der Waals surface area contributed by atoms with Crippen molar-refractivity contribution in [1.29, 1.82) is 5.26 Å². The molecule has 2 atom stereocenters. The summed E-state index contributed by atoms with van der Waals surface area (Å²) < 4.78 is 0. The van der Waals surface area contributed by atoms with Crippen molar-refractivity contribution in [3.05, 3.63) is 110 Å². The number of nitrogens with zero attached hydrogens (tertiary/aromatic N) is 1. The van der Waals surface area contributed by atoms with Crippen molar-refractivity contribution in [2.45, 2.75) is 19.8 Å². The highest BCUT2D eigenvalue weighted by atomic mass is 32.2. The van der Waals surface area contributed by atoms with Crippen LogP contribution in [0.3, 0.4) is 0 Å². The lowest BCUT2D eigenvalue weighted by Gasteiger charge is -2.34. The number of nitriles is 1. The normalized spacial score (nSPS) is 17.5. The third-order valence-corrected chi connectivity index (χ3v) is 7.89. The average molecular weight is 500 g/mol. The number of anilines is 1. The van der Waals surface area contributed by atoms with Gasteiger partial charge in [0.25, 0.3) is 0 Å². The van der Waals surface area contributed by atoms with Gasteiger partial charge in [0.15, 0.2) is 5.78 Å². The Bertz CT molecular complexity index is 1340. The molecule has 0 saturated carbocycles. The summed E-state index contributed by atoms with van der Waals surface area (Å²) in [6.45, 7) is 8.05. The molecule has 0 bridgehead atoms. The maximum Gasteiger partial charge on any atom is 0.234 e. The fraction of sp³-hybridized carbons (Fsp3) is 0.179. The zero-order valence-electron chi connectivity index (χ0n) is 19.5. The maximum atomic E-state index is 13.5. The van der Waals surface area contributed by atoms with Crippen molar-refractivity contribution in [2.75, 3.05) is 11.1 Å². The molecule has 0 saturated heterocycles. The Hall–Kier alpha value is -3.60. The Labute approximate surface area is 213 Å². The summed E-state index contributed by atoms with van der Waals surface area (Å²) in [6, 6.07) is 21.2. The van der Waals surface area contributed by atoms with Crippen LogP contribution in [-0.4, -0.2) is 17.4 Å². The van der Waals surface area contributed by atoms with Crippen LogP contribution in [0.25, 0.3) is 0 Å². The molecule has 3 aromatic rings. The minimum absolute atomic E-state index is 0.0284. The van der Waals surface area contributed by atoms with Crippen LogP contribution < -0.4 is 10.6 Å². The van der Waals surface area contributed by atoms with E-state index in [2.05, 4.69) is 23.3 Å². The van der Waals surface area contributed by atoms with Crippen LogP contribution in [0.4, 0.5) is 5.69 Å². The Morgan fingerprint density at radius 1 is 1.11 bits per heavy atom. The summed E-state index contributed by atoms with van der Waals surface area (Å²) in [5.74, 6) is -1.27. The van der Waals surface area contributed by atoms with Crippen molar-refractivity contribution >= 4 is 40.5 Å². The lowest BCUT2D eigenvalue weighted by Crippen LogP contribution is -2.39. The largest absolute Gasteiger partial charge is 0.353 e. The van der Waals surface area contributed by atoms with Gasteiger partial charge in [0, 0.05) is 27.7 Å². The third-order valence-electron chi connectivity index (χ3n) is 5.92. The summed E-state index contributed by atoms with van der Waals surface area (Å²) in [5.41, 5.74) is 4.32. The van der Waals surface area contributed by atoms with Gasteiger partial charge in [0.05, 0.1) is 28.3 Å². The van der Waals surface area contributed by atoms with E-state index in [0.29, 0.717) is 21.9 Å². The van der Waals surface area contributed by atoms with Gasteiger partial charge in [-0.25, -0.2) is 0 Å². The summed E-state index contributed by atoms with van der Waals surface area (Å²) >= 11 is 2.77. The molecule has 1 aliphatic rings. The molecule has 2 heterocycles. The highest BCUT2D eigenvalue weighted by Crippen LogP contribution is 2.44. The van der Waals surface area contributed by atoms with Gasteiger partial charge in [-0.3, -0.25) is 9.59 Å². The van der Waals surface area contributed by atoms with Crippen LogP contribution in [0, 0.1) is 31.1 Å². The van der Waals surface area contributed by atoms with E-state index in [1.807, 2.05) is 79.9 Å². The Morgan fingerprint density at radius 3 is 2.51 bits per heavy atom. The Morgan fingerprint density at radius 2 is 1.86 bits per heavy atom. The molecule has 1 aliphatic heterocycles. The second kappa shape index (κ2) is 10.8. The van der Waals surface area contributed by atoms with Crippen molar-refractivity contribution in [3.8, 4) is 6.07 Å². The van der Waals surface area contributed by atoms with E-state index in [9.17, 15) is 14.9 Å². The first-order valence-corrected chi connectivity index (χ1v) is 13.0. The van der Waals surface area contributed by atoms with Gasteiger partial charge < -0.3 is 10.6 Å². The second-order valence-electron chi connectivity index (χ2n) is 8.36. The maximum absolute atomic E-state index is 13.5. The molecule has 2 N–H and O–H groups in total. The minimum atomic E-state index is -0.681. The topological polar surface area (TPSA) is 82.0 Å². The van der Waals surface area contributed by atoms with Crippen LogP contribution in [0.15, 0.2) is 88.9 Å². The van der Waals surface area contributed by atoms with Gasteiger partial charge in [0.1, 0.15) is 0 Å². The summed E-state index contributed by atoms with van der Waals surface area (Å²) in [7, 11) is 0. The number of rotatable bonds is 7. The molecular formula is C28H25N3O2S2. The van der Waals surface area contributed by atoms with Crippen molar-refractivity contribution in [2.24, 2.45) is 5.92 Å². The highest BCUT2D eigenvalue weighted by Gasteiger charge is 2.41. The number of nitrogens with one attached hydrogen (secondary N) is 2. The van der Waals surface area contributed by atoms with Gasteiger partial charge in [-0.1, -0.05) is 72.4 Å². The van der Waals surface area contributed by atoms with Crippen LogP contribution in [0.2, 0.25) is 0 Å². The predicted octanol–water partition coefficient (Wildman–Crippen LogP) is 6.17. The number of thiophene rings is 1. The number of hydrogen-bond donors (Lipinski definition) is 2. The molecule has 1 aromatic heterocycles. The zero-order valence-corrected chi connectivity index (χ0v) is 21.1. The van der Waals surface area contributed by atoms with E-state index in [1.165, 1.54) is 23.1 Å². The van der Waals surface area contributed by atoms with Crippen LogP contribution in [-0.2, 0) is 4.79 Å². The smallest absolute Gasteiger partial charge is 0.234 e. The van der Waals surface area contributed by atoms with E-state index in [1.54, 1.807) is 0 Å². The third kappa shape index (κ3) is 5.40. The number of carbonyl (C=O) groups is 2. The summed E-state index contributed by atoms with van der Waals surface area (Å²) in [5, 5.41) is 18.8. The molecule has 2 unspecified atom stereocenters. The fourth-order valence-electron chi connectivity index (χ4n) is 4.00. The number of Topliss-reactive ketones (excluding diaryl/α,β-unsaturated/α-hetero) is 1. The number of thioether (sulfide) groups is 1. The standard InChI is InChI=1S/C28H25N3O2S2/c1-17-10-12-20(13-11-17)23(32)16-35-28-21(15-29)26(24-9-6-14-34-24)25(19(3)30-28)27(33)31-22-8-5-4-7-18(22)2/h4-14,25-26,30H,3,16H2,1-2H3,(H,31,33). The number of carbonyl (C=O) groups excluding carboxylic acids is 2. The molecule has 0 spiro atoms. The average Bonchev–Trinajstić information content (AvgIpc) is 3.38. The summed E-state index contributed by atoms with van der Waals surface area (Å²) in [4.78, 5) is 27.1. The van der Waals surface area contributed by atoms with Crippen LogP contribution in [0.5, 0.6) is 0 Å². The van der Waals surface area contributed by atoms with Gasteiger partial charge in [0.2, 0.25) is 5.91 Å². The molecule has 7 heteroatoms. The van der Waals surface area contributed by atoms with Crippen molar-refractivity contribution < 1.29 is 9.59 Å². The van der Waals surface area contributed by atoms with Gasteiger partial charge in [-0.05, 0) is 36.9 Å². The number of allylic oxidation sites excluding steroid dienone is 1. The van der Waals surface area contributed by atoms with Crippen LogP contribution >= 0.6 is 23.1 Å². The fourth-order valence-corrected chi connectivity index (χ4v) is 5.85. The van der Waals surface area contributed by atoms with E-state index < -0.39 is 11.8 Å². The number of ketones is 1. The molecular weight excluding hydrogens is 474 g/mol. The number of aryl methyl sites for hydroxylation is 2. The quantitative estimate of drug-likeness (QED) is 0.380. The van der Waals surface area contributed by atoms with E-state index in [0.717, 1.165) is 21.7 Å². The van der Waals surface area contributed by atoms with Gasteiger partial charge in [-0.2, -0.15) is 5.26 Å². The van der Waals surface area contributed by atoms with E-state index >= 15 is 0 Å². The monoisotopic (exact) mass is 499 g/mol. The first-order valence-electron chi connectivity index (χ1n) is 11.1. The van der Waals surface area contributed by atoms with E-state index in [4.69, 9.17) is 0 Å². The molecule has 0 aliphatic carbocycles. The highest BCUT2D eigenvalue weighted by molar-refractivity contribution is 8.03. The molecule has 2 aromatic carbocycles. The first-order chi connectivity index (χ1) is 16.9.